The van der Waals surface area contributed by atoms with Gasteiger partial charge in [0.25, 0.3) is 0 Å². The third-order valence-corrected chi connectivity index (χ3v) is 14.0. The van der Waals surface area contributed by atoms with E-state index in [4.69, 9.17) is 49.5 Å². The highest BCUT2D eigenvalue weighted by atomic mass is 16.7. The van der Waals surface area contributed by atoms with Crippen LogP contribution in [0.5, 0.6) is 0 Å². The maximum Gasteiger partial charge on any atom is 0.508 e. The molecule has 4 atom stereocenters. The van der Waals surface area contributed by atoms with E-state index in [1.807, 2.05) is 25.1 Å². The molecule has 592 valence electrons. The lowest BCUT2D eigenvalue weighted by Crippen LogP contribution is -2.44. The Labute approximate surface area is 605 Å². The number of rotatable bonds is 33. The van der Waals surface area contributed by atoms with E-state index < -0.39 is 106 Å². The van der Waals surface area contributed by atoms with Gasteiger partial charge in [-0.25, -0.2) is 14.4 Å². The molecule has 3 rings (SSSR count). The number of hydrogen-bond donors (Lipinski definition) is 2. The summed E-state index contributed by atoms with van der Waals surface area (Å²) in [5, 5.41) is 17.9. The van der Waals surface area contributed by atoms with Crippen LogP contribution in [0.15, 0.2) is 30.3 Å². The number of benzene rings is 1. The minimum absolute atomic E-state index is 0. The van der Waals surface area contributed by atoms with Gasteiger partial charge in [0.1, 0.15) is 105 Å². The minimum Gasteiger partial charge on any atom is -0.465 e. The van der Waals surface area contributed by atoms with Crippen LogP contribution in [0, 0.1) is 32.5 Å². The van der Waals surface area contributed by atoms with Gasteiger partial charge >= 0.3 is 60.3 Å². The van der Waals surface area contributed by atoms with Crippen molar-refractivity contribution < 1.29 is 140 Å². The summed E-state index contributed by atoms with van der Waals surface area (Å²) in [5.74, 6) is -3.90. The molecule has 0 spiro atoms. The third-order valence-electron chi connectivity index (χ3n) is 14.0. The second-order valence-electron chi connectivity index (χ2n) is 25.1. The first-order chi connectivity index (χ1) is 47.0. The summed E-state index contributed by atoms with van der Waals surface area (Å²) in [6, 6.07) is 9.03. The van der Waals surface area contributed by atoms with Crippen molar-refractivity contribution in [3.05, 3.63) is 35.9 Å². The Morgan fingerprint density at radius 2 is 0.912 bits per heavy atom. The number of esters is 7. The molecule has 2 aliphatic heterocycles. The summed E-state index contributed by atoms with van der Waals surface area (Å²) in [6.45, 7) is 24.5. The lowest BCUT2D eigenvalue weighted by Gasteiger charge is -2.29. The molecular formula is C71H124N2O29. The van der Waals surface area contributed by atoms with Crippen LogP contribution in [-0.2, 0) is 121 Å². The smallest absolute Gasteiger partial charge is 0.465 e. The van der Waals surface area contributed by atoms with Crippen molar-refractivity contribution >= 4 is 77.6 Å². The number of unbranched alkanes of at least 4 members (excludes halogenated alkanes) is 1. The predicted octanol–water partition coefficient (Wildman–Crippen LogP) is 8.32. The van der Waals surface area contributed by atoms with E-state index in [9.17, 15) is 62.3 Å². The van der Waals surface area contributed by atoms with Crippen molar-refractivity contribution in [2.45, 2.75) is 164 Å². The van der Waals surface area contributed by atoms with Crippen molar-refractivity contribution in [3.8, 4) is 0 Å². The first-order valence-electron chi connectivity index (χ1n) is 33.1. The molecule has 31 heteroatoms. The molecule has 0 amide bonds. The van der Waals surface area contributed by atoms with E-state index in [0.29, 0.717) is 19.4 Å². The maximum atomic E-state index is 12.9. The fourth-order valence-electron chi connectivity index (χ4n) is 6.61. The Balaban J connectivity index is -0.000000290. The lowest BCUT2D eigenvalue weighted by molar-refractivity contribution is -0.168. The van der Waals surface area contributed by atoms with Crippen LogP contribution in [0.4, 0.5) is 14.4 Å². The number of hydrogen-bond acceptors (Lipinski definition) is 31. The first-order valence-corrected chi connectivity index (χ1v) is 32.4. The van der Waals surface area contributed by atoms with Gasteiger partial charge in [0.2, 0.25) is 0 Å². The standard InChI is InChI=1S/C25H36O10.C9H16O5.C8H20N2.C8H12O5.C8H14O4.C7H10O4.C4H8O.2CH4/c1-6-11-20(26)33-16-25(4,22(28)32-14-19-12-9-8-10-13-19)18-35-23(29)34-17-24(3,15-30-5)21(27)31-7-2;1-4-13-8(12)9(3,5-10)6-14-7(2)11;1-9(2)7-5-6-8-10(3)4;1-3-11-6(9)8(2)4-12-7(10)13-5-8;1-6(10)8(3,4-9)5-12-7(2)11;1-5(8)7(2)3-10-6(9)11-4-7;1-3-4(2)5;;/h8-10,12-13H,6-7,11,14-18H2,1-5H3;10H,4-6H2,1-3H3;5-8H2,1-4H3;3-5H2,1-2H3;9H,4-5H2,1-3H3;3-4H2,1-2H3;3H2,1-2H3;2*1H4/i;;;;;;2T;;. The summed E-state index contributed by atoms with van der Waals surface area (Å²) in [7, 11) is 9.89. The van der Waals surface area contributed by atoms with Crippen molar-refractivity contribution in [2.75, 3.05) is 147 Å². The molecule has 102 heavy (non-hydrogen) atoms. The number of aliphatic hydroxyl groups is 2. The molecule has 0 bridgehead atoms. The number of carbonyl (C=O) groups excluding carboxylic acids is 13. The van der Waals surface area contributed by atoms with Gasteiger partial charge in [-0.2, -0.15) is 0 Å². The van der Waals surface area contributed by atoms with Crippen LogP contribution < -0.4 is 0 Å². The molecule has 0 aromatic heterocycles. The van der Waals surface area contributed by atoms with Crippen LogP contribution in [0.3, 0.4) is 0 Å². The summed E-state index contributed by atoms with van der Waals surface area (Å²) in [4.78, 5) is 150. The Bertz CT molecular complexity index is 2620. The van der Waals surface area contributed by atoms with E-state index in [2.05, 4.69) is 66.4 Å². The minimum atomic E-state index is -1.48. The largest absolute Gasteiger partial charge is 0.508 e. The van der Waals surface area contributed by atoms with Gasteiger partial charge in [-0.3, -0.25) is 43.2 Å². The zero-order valence-electron chi connectivity index (χ0n) is 63.7. The van der Waals surface area contributed by atoms with Crippen LogP contribution in [0.25, 0.3) is 0 Å². The molecule has 0 radical (unpaired) electrons. The lowest BCUT2D eigenvalue weighted by atomic mass is 9.88. The SMILES string of the molecule is C.C.CC(=O)C1(C)COC(=O)OC1.CC(=O)OCC(C)(CO)C(C)=O.CCCC(=O)OCC(C)(COC(=O)OCC(C)(COC)C(=O)OCC)C(=O)OCc1ccccc1.CCOC(=O)C(C)(CO)COC(C)=O.CCOC(=O)C1(C)COC(=O)OC1.CN(C)CCCCN(C)C.[3H]CC(=O)CC. The number of aliphatic hydroxyl groups excluding tert-OH is 2. The van der Waals surface area contributed by atoms with E-state index >= 15 is 0 Å². The summed E-state index contributed by atoms with van der Waals surface area (Å²) < 4.78 is 74.5. The molecule has 0 aliphatic carbocycles. The summed E-state index contributed by atoms with van der Waals surface area (Å²) in [5.41, 5.74) is -5.57. The van der Waals surface area contributed by atoms with Gasteiger partial charge in [-0.15, -0.1) is 0 Å². The fourth-order valence-corrected chi connectivity index (χ4v) is 6.61. The number of ether oxygens (including phenoxy) is 14. The Morgan fingerprint density at radius 1 is 0.529 bits per heavy atom. The molecular weight excluding hydrogens is 1340 g/mol. The molecule has 0 saturated carbocycles. The average Bonchev–Trinajstić information content (AvgIpc) is 0.854. The Kier molecular flexibility index (Phi) is 57.1. The maximum absolute atomic E-state index is 12.9. The zero-order valence-corrected chi connectivity index (χ0v) is 62.7. The Morgan fingerprint density at radius 3 is 1.25 bits per heavy atom. The number of methoxy groups -OCH3 is 1. The zero-order chi connectivity index (χ0) is 78.6. The van der Waals surface area contributed by atoms with Crippen LogP contribution in [-0.4, -0.2) is 245 Å². The molecule has 2 saturated heterocycles. The van der Waals surface area contributed by atoms with Crippen LogP contribution in [0.2, 0.25) is 0 Å². The topological polar surface area (TPSA) is 398 Å². The van der Waals surface area contributed by atoms with Gasteiger partial charge in [0, 0.05) is 35.2 Å². The van der Waals surface area contributed by atoms with Crippen molar-refractivity contribution in [1.82, 2.24) is 9.80 Å². The second kappa shape index (κ2) is 56.6. The van der Waals surface area contributed by atoms with Crippen LogP contribution in [0.1, 0.15) is 165 Å². The number of nitrogens with zero attached hydrogens (tertiary/aromatic N) is 2. The van der Waals surface area contributed by atoms with Crippen molar-refractivity contribution in [3.63, 3.8) is 0 Å². The number of ketones is 3. The first kappa shape index (κ1) is 103. The monoisotopic (exact) mass is 1470 g/mol. The molecule has 2 heterocycles. The quantitative estimate of drug-likeness (QED) is 0.0379. The molecule has 31 nitrogen and oxygen atoms in total. The highest BCUT2D eigenvalue weighted by Gasteiger charge is 2.43. The van der Waals surface area contributed by atoms with E-state index in [0.717, 1.165) is 5.56 Å². The van der Waals surface area contributed by atoms with Crippen LogP contribution >= 0.6 is 0 Å². The van der Waals surface area contributed by atoms with Gasteiger partial charge in [0.15, 0.2) is 0 Å². The molecule has 4 unspecified atom stereocenters. The van der Waals surface area contributed by atoms with Gasteiger partial charge in [-0.1, -0.05) is 59.0 Å². The van der Waals surface area contributed by atoms with Gasteiger partial charge < -0.3 is 91.1 Å². The van der Waals surface area contributed by atoms with E-state index in [1.54, 1.807) is 60.6 Å². The third kappa shape index (κ3) is 48.1. The molecule has 2 N–H and O–H groups in total. The Hall–Kier alpha value is -7.87. The average molecular weight is 1470 g/mol. The number of cyclic esters (lactones) is 4. The highest BCUT2D eigenvalue weighted by Crippen LogP contribution is 2.27. The van der Waals surface area contributed by atoms with E-state index in [1.165, 1.54) is 81.5 Å². The van der Waals surface area contributed by atoms with Crippen molar-refractivity contribution in [2.24, 2.45) is 32.5 Å². The summed E-state index contributed by atoms with van der Waals surface area (Å²) in [6.07, 6.45) is 1.35. The van der Waals surface area contributed by atoms with Crippen molar-refractivity contribution in [1.29, 1.82) is 0 Å². The van der Waals surface area contributed by atoms with Gasteiger partial charge in [-0.05, 0) is 149 Å². The predicted molar refractivity (Wildman–Crippen MR) is 374 cm³/mol. The fraction of sp³-hybridized carbons (Fsp3) is 0.732. The highest BCUT2D eigenvalue weighted by molar-refractivity contribution is 5.84. The van der Waals surface area contributed by atoms with E-state index in [-0.39, 0.29) is 131 Å². The molecule has 1 aromatic rings. The molecule has 2 aliphatic rings. The number of carbonyl (C=O) groups is 13. The second-order valence-corrected chi connectivity index (χ2v) is 25.1. The molecule has 2 fully saturated rings. The summed E-state index contributed by atoms with van der Waals surface area (Å²) >= 11 is 0. The number of Topliss-reactive ketones (excluding diaryl/α,β-unsaturated/α-hetero) is 3. The van der Waals surface area contributed by atoms with Gasteiger partial charge in [0.05, 0.1) is 50.5 Å². The normalized spacial score (nSPS) is 15.1. The molecule has 1 aromatic carbocycles.